The zero-order valence-corrected chi connectivity index (χ0v) is 12.5. The van der Waals surface area contributed by atoms with Crippen LogP contribution in [0.1, 0.15) is 27.3 Å². The molecule has 1 heterocycles. The minimum Gasteiger partial charge on any atom is -0.337 e. The fraction of sp³-hybridized carbons (Fsp3) is 0.250. The maximum absolute atomic E-state index is 13.6. The number of pyridine rings is 1. The van der Waals surface area contributed by atoms with Crippen LogP contribution < -0.4 is 0 Å². The lowest BCUT2D eigenvalue weighted by Crippen LogP contribution is -2.28. The van der Waals surface area contributed by atoms with E-state index in [-0.39, 0.29) is 17.8 Å². The fourth-order valence-corrected chi connectivity index (χ4v) is 2.10. The number of carbonyl (C=O) groups is 1. The van der Waals surface area contributed by atoms with Crippen molar-refractivity contribution in [3.05, 3.63) is 64.7 Å². The summed E-state index contributed by atoms with van der Waals surface area (Å²) in [5, 5.41) is 0. The molecular formula is C16H14F4N2O. The maximum Gasteiger partial charge on any atom is 0.433 e. The van der Waals surface area contributed by atoms with Crippen LogP contribution in [0.3, 0.4) is 0 Å². The third-order valence-corrected chi connectivity index (χ3v) is 3.32. The first-order valence-corrected chi connectivity index (χ1v) is 6.74. The van der Waals surface area contributed by atoms with E-state index in [9.17, 15) is 22.4 Å². The van der Waals surface area contributed by atoms with Crippen LogP contribution in [0.2, 0.25) is 0 Å². The molecule has 7 heteroatoms. The molecule has 1 amide bonds. The molecule has 0 aliphatic carbocycles. The van der Waals surface area contributed by atoms with Crippen molar-refractivity contribution in [3.8, 4) is 0 Å². The van der Waals surface area contributed by atoms with Crippen LogP contribution >= 0.6 is 0 Å². The van der Waals surface area contributed by atoms with Gasteiger partial charge >= 0.3 is 6.18 Å². The largest absolute Gasteiger partial charge is 0.433 e. The van der Waals surface area contributed by atoms with Crippen LogP contribution in [0.15, 0.2) is 36.4 Å². The summed E-state index contributed by atoms with van der Waals surface area (Å²) in [7, 11) is 1.45. The highest BCUT2D eigenvalue weighted by atomic mass is 19.4. The summed E-state index contributed by atoms with van der Waals surface area (Å²) in [5.74, 6) is -0.971. The number of aryl methyl sites for hydroxylation is 1. The van der Waals surface area contributed by atoms with E-state index in [1.54, 1.807) is 6.07 Å². The molecule has 1 aromatic heterocycles. The number of carbonyl (C=O) groups excluding carboxylic acids is 1. The number of amides is 1. The standard InChI is InChI=1S/C16H14F4N2O/c1-10-12(7-8-14(21-10)16(18,19)20)15(23)22(2)9-11-5-3-4-6-13(11)17/h3-8H,9H2,1-2H3. The molecule has 0 bridgehead atoms. The lowest BCUT2D eigenvalue weighted by molar-refractivity contribution is -0.141. The Labute approximate surface area is 130 Å². The van der Waals surface area contributed by atoms with Gasteiger partial charge in [-0.2, -0.15) is 13.2 Å². The van der Waals surface area contributed by atoms with E-state index in [0.717, 1.165) is 12.1 Å². The Balaban J connectivity index is 2.22. The van der Waals surface area contributed by atoms with Gasteiger partial charge in [0.2, 0.25) is 0 Å². The minimum absolute atomic E-state index is 0.00592. The first kappa shape index (κ1) is 16.9. The molecule has 122 valence electrons. The summed E-state index contributed by atoms with van der Waals surface area (Å²) in [4.78, 5) is 17.0. The van der Waals surface area contributed by atoms with Gasteiger partial charge < -0.3 is 4.90 Å². The monoisotopic (exact) mass is 326 g/mol. The molecule has 0 saturated heterocycles. The number of nitrogens with zero attached hydrogens (tertiary/aromatic N) is 2. The average molecular weight is 326 g/mol. The highest BCUT2D eigenvalue weighted by Crippen LogP contribution is 2.28. The zero-order valence-electron chi connectivity index (χ0n) is 12.5. The smallest absolute Gasteiger partial charge is 0.337 e. The van der Waals surface area contributed by atoms with E-state index in [2.05, 4.69) is 4.98 Å². The summed E-state index contributed by atoms with van der Waals surface area (Å²) in [6.07, 6.45) is -4.56. The van der Waals surface area contributed by atoms with Crippen molar-refractivity contribution in [2.75, 3.05) is 7.05 Å². The second-order valence-electron chi connectivity index (χ2n) is 5.08. The van der Waals surface area contributed by atoms with E-state index < -0.39 is 23.6 Å². The normalized spacial score (nSPS) is 11.4. The van der Waals surface area contributed by atoms with E-state index >= 15 is 0 Å². The highest BCUT2D eigenvalue weighted by molar-refractivity contribution is 5.95. The predicted molar refractivity (Wildman–Crippen MR) is 76.2 cm³/mol. The van der Waals surface area contributed by atoms with Crippen LogP contribution in [0.5, 0.6) is 0 Å². The van der Waals surface area contributed by atoms with Gasteiger partial charge in [0.25, 0.3) is 5.91 Å². The zero-order chi connectivity index (χ0) is 17.2. The van der Waals surface area contributed by atoms with Crippen molar-refractivity contribution in [3.63, 3.8) is 0 Å². The Hall–Kier alpha value is -2.44. The fourth-order valence-electron chi connectivity index (χ4n) is 2.10. The van der Waals surface area contributed by atoms with E-state index in [0.29, 0.717) is 5.56 Å². The molecule has 0 spiro atoms. The van der Waals surface area contributed by atoms with Crippen LogP contribution in [-0.4, -0.2) is 22.8 Å². The second kappa shape index (κ2) is 6.36. The topological polar surface area (TPSA) is 33.2 Å². The molecule has 1 aromatic carbocycles. The molecule has 3 nitrogen and oxygen atoms in total. The Morgan fingerprint density at radius 2 is 1.83 bits per heavy atom. The minimum atomic E-state index is -4.56. The quantitative estimate of drug-likeness (QED) is 0.804. The van der Waals surface area contributed by atoms with E-state index in [1.165, 1.54) is 37.1 Å². The SMILES string of the molecule is Cc1nc(C(F)(F)F)ccc1C(=O)N(C)Cc1ccccc1F. The molecule has 0 saturated carbocycles. The number of hydrogen-bond acceptors (Lipinski definition) is 2. The van der Waals surface area contributed by atoms with Gasteiger partial charge in [-0.25, -0.2) is 9.37 Å². The van der Waals surface area contributed by atoms with Crippen molar-refractivity contribution in [2.45, 2.75) is 19.6 Å². The molecule has 0 radical (unpaired) electrons. The van der Waals surface area contributed by atoms with Gasteiger partial charge in [0.15, 0.2) is 0 Å². The lowest BCUT2D eigenvalue weighted by Gasteiger charge is -2.19. The summed E-state index contributed by atoms with van der Waals surface area (Å²) < 4.78 is 51.4. The van der Waals surface area contributed by atoms with Gasteiger partial charge in [0, 0.05) is 19.2 Å². The van der Waals surface area contributed by atoms with Crippen molar-refractivity contribution in [2.24, 2.45) is 0 Å². The lowest BCUT2D eigenvalue weighted by atomic mass is 10.1. The molecule has 2 rings (SSSR count). The van der Waals surface area contributed by atoms with Crippen LogP contribution in [0.4, 0.5) is 17.6 Å². The van der Waals surface area contributed by atoms with Gasteiger partial charge in [-0.1, -0.05) is 18.2 Å². The molecule has 23 heavy (non-hydrogen) atoms. The maximum atomic E-state index is 13.6. The summed E-state index contributed by atoms with van der Waals surface area (Å²) in [6, 6.07) is 7.84. The van der Waals surface area contributed by atoms with Gasteiger partial charge in [0.1, 0.15) is 11.5 Å². The Morgan fingerprint density at radius 1 is 1.17 bits per heavy atom. The van der Waals surface area contributed by atoms with E-state index in [4.69, 9.17) is 0 Å². The van der Waals surface area contributed by atoms with Crippen molar-refractivity contribution in [1.29, 1.82) is 0 Å². The highest BCUT2D eigenvalue weighted by Gasteiger charge is 2.33. The van der Waals surface area contributed by atoms with Gasteiger partial charge in [0.05, 0.1) is 11.3 Å². The third kappa shape index (κ3) is 3.85. The van der Waals surface area contributed by atoms with Crippen LogP contribution in [-0.2, 0) is 12.7 Å². The number of hydrogen-bond donors (Lipinski definition) is 0. The summed E-state index contributed by atoms with van der Waals surface area (Å²) in [6.45, 7) is 1.34. The van der Waals surface area contributed by atoms with Crippen molar-refractivity contribution < 1.29 is 22.4 Å². The van der Waals surface area contributed by atoms with E-state index in [1.807, 2.05) is 0 Å². The first-order chi connectivity index (χ1) is 10.7. The summed E-state index contributed by atoms with van der Waals surface area (Å²) in [5.41, 5.74) is -0.703. The Kier molecular flexibility index (Phi) is 4.68. The van der Waals surface area contributed by atoms with Crippen LogP contribution in [0, 0.1) is 12.7 Å². The number of rotatable bonds is 3. The molecule has 0 aliphatic heterocycles. The van der Waals surface area contributed by atoms with Gasteiger partial charge in [-0.3, -0.25) is 4.79 Å². The summed E-state index contributed by atoms with van der Waals surface area (Å²) >= 11 is 0. The number of halogens is 4. The van der Waals surface area contributed by atoms with Gasteiger partial charge in [-0.05, 0) is 25.1 Å². The average Bonchev–Trinajstić information content (AvgIpc) is 2.48. The predicted octanol–water partition coefficient (Wildman–Crippen LogP) is 3.82. The second-order valence-corrected chi connectivity index (χ2v) is 5.08. The molecule has 0 fully saturated rings. The van der Waals surface area contributed by atoms with Crippen molar-refractivity contribution in [1.82, 2.24) is 9.88 Å². The van der Waals surface area contributed by atoms with Crippen LogP contribution in [0.25, 0.3) is 0 Å². The molecule has 0 atom stereocenters. The Bertz CT molecular complexity index is 728. The number of aromatic nitrogens is 1. The van der Waals surface area contributed by atoms with Crippen molar-refractivity contribution >= 4 is 5.91 Å². The molecule has 0 unspecified atom stereocenters. The molecule has 0 aliphatic rings. The Morgan fingerprint density at radius 3 is 2.39 bits per heavy atom. The third-order valence-electron chi connectivity index (χ3n) is 3.32. The van der Waals surface area contributed by atoms with Gasteiger partial charge in [-0.15, -0.1) is 0 Å². The number of alkyl halides is 3. The first-order valence-electron chi connectivity index (χ1n) is 6.74. The molecule has 2 aromatic rings. The molecular weight excluding hydrogens is 312 g/mol. The number of benzene rings is 1. The molecule has 0 N–H and O–H groups in total.